The summed E-state index contributed by atoms with van der Waals surface area (Å²) in [7, 11) is 0. The second-order valence-electron chi connectivity index (χ2n) is 10.7. The van der Waals surface area contributed by atoms with Gasteiger partial charge < -0.3 is 5.73 Å². The van der Waals surface area contributed by atoms with Crippen molar-refractivity contribution in [1.29, 1.82) is 0 Å². The van der Waals surface area contributed by atoms with Gasteiger partial charge in [0.1, 0.15) is 0 Å². The molecule has 5 aromatic rings. The molecule has 0 spiro atoms. The molecule has 3 N–H and O–H groups in total. The lowest BCUT2D eigenvalue weighted by Gasteiger charge is -2.31. The third-order valence-electron chi connectivity index (χ3n) is 8.03. The SMILES string of the molecule is C=C(N)c1cccc(CN2CCC(c3n[nH]c4ccc(C(c5ccc(Cl)cc5)c5ccc(Cl)cc5)cc34)CC2)c1. The van der Waals surface area contributed by atoms with Gasteiger partial charge in [-0.2, -0.15) is 5.10 Å². The van der Waals surface area contributed by atoms with Crippen LogP contribution in [0.15, 0.2) is 97.6 Å². The van der Waals surface area contributed by atoms with Crippen molar-refractivity contribution in [1.82, 2.24) is 15.1 Å². The summed E-state index contributed by atoms with van der Waals surface area (Å²) in [6.45, 7) is 6.86. The van der Waals surface area contributed by atoms with Crippen LogP contribution in [0.5, 0.6) is 0 Å². The van der Waals surface area contributed by atoms with Gasteiger partial charge >= 0.3 is 0 Å². The molecule has 0 bridgehead atoms. The number of aromatic nitrogens is 2. The van der Waals surface area contributed by atoms with E-state index in [0.29, 0.717) is 11.6 Å². The van der Waals surface area contributed by atoms with E-state index in [9.17, 15) is 0 Å². The number of fused-ring (bicyclic) bond motifs is 1. The predicted octanol–water partition coefficient (Wildman–Crippen LogP) is 8.36. The molecule has 0 unspecified atom stereocenters. The van der Waals surface area contributed by atoms with E-state index >= 15 is 0 Å². The minimum absolute atomic E-state index is 0.0592. The van der Waals surface area contributed by atoms with Crippen molar-refractivity contribution in [3.8, 4) is 0 Å². The highest BCUT2D eigenvalue weighted by Gasteiger charge is 2.25. The second kappa shape index (κ2) is 11.5. The Kier molecular flexibility index (Phi) is 7.66. The third-order valence-corrected chi connectivity index (χ3v) is 8.54. The molecule has 1 fully saturated rings. The number of benzene rings is 4. The van der Waals surface area contributed by atoms with Gasteiger partial charge in [0, 0.05) is 39.5 Å². The minimum atomic E-state index is 0.0592. The van der Waals surface area contributed by atoms with Crippen LogP contribution in [0.3, 0.4) is 0 Å². The van der Waals surface area contributed by atoms with Crippen molar-refractivity contribution in [2.75, 3.05) is 13.1 Å². The largest absolute Gasteiger partial charge is 0.399 e. The van der Waals surface area contributed by atoms with Crippen LogP contribution < -0.4 is 5.73 Å². The molecule has 0 atom stereocenters. The monoisotopic (exact) mass is 566 g/mol. The van der Waals surface area contributed by atoms with E-state index in [2.05, 4.69) is 77.2 Å². The van der Waals surface area contributed by atoms with E-state index in [0.717, 1.165) is 53.6 Å². The number of aromatic amines is 1. The van der Waals surface area contributed by atoms with Crippen molar-refractivity contribution in [3.63, 3.8) is 0 Å². The Balaban J connectivity index is 1.25. The number of rotatable bonds is 7. The Labute approximate surface area is 245 Å². The summed E-state index contributed by atoms with van der Waals surface area (Å²) >= 11 is 12.5. The molecule has 1 aliphatic heterocycles. The van der Waals surface area contributed by atoms with Crippen LogP contribution in [-0.4, -0.2) is 28.2 Å². The first-order valence-electron chi connectivity index (χ1n) is 13.7. The van der Waals surface area contributed by atoms with Crippen LogP contribution in [0.1, 0.15) is 58.2 Å². The highest BCUT2D eigenvalue weighted by molar-refractivity contribution is 6.30. The lowest BCUT2D eigenvalue weighted by atomic mass is 9.84. The smallest absolute Gasteiger partial charge is 0.0732 e. The number of nitrogens with two attached hydrogens (primary N) is 1. The molecule has 1 saturated heterocycles. The van der Waals surface area contributed by atoms with Crippen molar-refractivity contribution in [2.45, 2.75) is 31.2 Å². The Morgan fingerprint density at radius 3 is 2.12 bits per heavy atom. The Hall–Kier alpha value is -3.57. The lowest BCUT2D eigenvalue weighted by molar-refractivity contribution is 0.203. The van der Waals surface area contributed by atoms with Gasteiger partial charge in [-0.1, -0.05) is 78.3 Å². The Bertz CT molecular complexity index is 1590. The molecule has 4 aromatic carbocycles. The molecule has 202 valence electrons. The molecule has 0 radical (unpaired) electrons. The number of H-pyrrole nitrogens is 1. The zero-order chi connectivity index (χ0) is 27.6. The van der Waals surface area contributed by atoms with Crippen LogP contribution in [0.2, 0.25) is 10.0 Å². The van der Waals surface area contributed by atoms with Crippen LogP contribution in [-0.2, 0) is 6.54 Å². The van der Waals surface area contributed by atoms with Gasteiger partial charge in [0.15, 0.2) is 0 Å². The zero-order valence-corrected chi connectivity index (χ0v) is 23.8. The van der Waals surface area contributed by atoms with E-state index in [4.69, 9.17) is 34.0 Å². The second-order valence-corrected chi connectivity index (χ2v) is 11.6. The van der Waals surface area contributed by atoms with Crippen LogP contribution in [0.25, 0.3) is 16.6 Å². The molecule has 0 aliphatic carbocycles. The molecule has 1 aromatic heterocycles. The number of hydrogen-bond acceptors (Lipinski definition) is 3. The fourth-order valence-corrected chi connectivity index (χ4v) is 6.17. The first kappa shape index (κ1) is 26.6. The van der Waals surface area contributed by atoms with Gasteiger partial charge in [-0.3, -0.25) is 10.00 Å². The van der Waals surface area contributed by atoms with Crippen LogP contribution in [0, 0.1) is 0 Å². The molecular weight excluding hydrogens is 535 g/mol. The molecule has 2 heterocycles. The summed E-state index contributed by atoms with van der Waals surface area (Å²) in [5.74, 6) is 0.476. The normalized spacial score (nSPS) is 14.7. The molecule has 0 saturated carbocycles. The molecule has 0 amide bonds. The number of likely N-dealkylation sites (tertiary alicyclic amines) is 1. The average Bonchev–Trinajstić information content (AvgIpc) is 3.39. The summed E-state index contributed by atoms with van der Waals surface area (Å²) in [5, 5.41) is 10.8. The van der Waals surface area contributed by atoms with E-state index < -0.39 is 0 Å². The van der Waals surface area contributed by atoms with Gasteiger partial charge in [0.25, 0.3) is 0 Å². The number of nitrogens with zero attached hydrogens (tertiary/aromatic N) is 2. The molecule has 1 aliphatic rings. The van der Waals surface area contributed by atoms with Crippen molar-refractivity contribution < 1.29 is 0 Å². The lowest BCUT2D eigenvalue weighted by Crippen LogP contribution is -2.32. The molecule has 6 rings (SSSR count). The number of nitrogens with one attached hydrogen (secondary N) is 1. The summed E-state index contributed by atoms with van der Waals surface area (Å²) < 4.78 is 0. The summed E-state index contributed by atoms with van der Waals surface area (Å²) in [5.41, 5.74) is 14.6. The average molecular weight is 568 g/mol. The van der Waals surface area contributed by atoms with E-state index in [1.165, 1.54) is 33.3 Å². The summed E-state index contributed by atoms with van der Waals surface area (Å²) in [6, 6.07) is 31.3. The first-order valence-corrected chi connectivity index (χ1v) is 14.4. The van der Waals surface area contributed by atoms with Crippen LogP contribution >= 0.6 is 23.2 Å². The van der Waals surface area contributed by atoms with E-state index in [1.54, 1.807) is 0 Å². The molecular formula is C34H32Cl2N4. The molecule has 4 nitrogen and oxygen atoms in total. The third kappa shape index (κ3) is 5.66. The maximum absolute atomic E-state index is 6.23. The Morgan fingerprint density at radius 1 is 0.875 bits per heavy atom. The van der Waals surface area contributed by atoms with Crippen LogP contribution in [0.4, 0.5) is 0 Å². The first-order chi connectivity index (χ1) is 19.4. The van der Waals surface area contributed by atoms with Gasteiger partial charge in [0.2, 0.25) is 0 Å². The van der Waals surface area contributed by atoms with Gasteiger partial charge in [-0.25, -0.2) is 0 Å². The highest BCUT2D eigenvalue weighted by atomic mass is 35.5. The topological polar surface area (TPSA) is 57.9 Å². The number of hydrogen-bond donors (Lipinski definition) is 2. The predicted molar refractivity (Wildman–Crippen MR) is 167 cm³/mol. The fraction of sp³-hybridized carbons (Fsp3) is 0.206. The highest BCUT2D eigenvalue weighted by Crippen LogP contribution is 2.37. The van der Waals surface area contributed by atoms with Gasteiger partial charge in [-0.05, 0) is 96.2 Å². The van der Waals surface area contributed by atoms with Gasteiger partial charge in [0.05, 0.1) is 11.2 Å². The zero-order valence-electron chi connectivity index (χ0n) is 22.3. The molecule has 40 heavy (non-hydrogen) atoms. The maximum Gasteiger partial charge on any atom is 0.0732 e. The van der Waals surface area contributed by atoms with E-state index in [-0.39, 0.29) is 5.92 Å². The minimum Gasteiger partial charge on any atom is -0.399 e. The van der Waals surface area contributed by atoms with Crippen molar-refractivity contribution in [3.05, 3.63) is 141 Å². The molecule has 6 heteroatoms. The summed E-state index contributed by atoms with van der Waals surface area (Å²) in [6.07, 6.45) is 2.15. The van der Waals surface area contributed by atoms with E-state index in [1.807, 2.05) is 30.3 Å². The fourth-order valence-electron chi connectivity index (χ4n) is 5.92. The number of halogens is 2. The van der Waals surface area contributed by atoms with Gasteiger partial charge in [-0.15, -0.1) is 0 Å². The maximum atomic E-state index is 6.23. The quantitative estimate of drug-likeness (QED) is 0.194. The standard InChI is InChI=1S/C34H32Cl2N4/c1-22(37)27-4-2-3-23(19-27)21-40-17-15-26(16-18-40)34-31-20-28(9-14-32(31)38-39-34)33(24-5-10-29(35)11-6-24)25-7-12-30(36)13-8-25/h2-14,19-20,26,33H,1,15-18,21,37H2,(H,38,39). The number of piperidine rings is 1. The van der Waals surface area contributed by atoms with Crippen molar-refractivity contribution in [2.24, 2.45) is 5.73 Å². The van der Waals surface area contributed by atoms with Crippen molar-refractivity contribution >= 4 is 39.8 Å². The Morgan fingerprint density at radius 2 is 1.50 bits per heavy atom. The summed E-state index contributed by atoms with van der Waals surface area (Å²) in [4.78, 5) is 2.52.